The summed E-state index contributed by atoms with van der Waals surface area (Å²) in [5, 5.41) is 4.20. The predicted octanol–water partition coefficient (Wildman–Crippen LogP) is 6.69. The van der Waals surface area contributed by atoms with Crippen LogP contribution >= 0.6 is 34.8 Å². The average Bonchev–Trinajstić information content (AvgIpc) is 2.60. The third-order valence-corrected chi connectivity index (χ3v) is 4.15. The van der Waals surface area contributed by atoms with E-state index < -0.39 is 0 Å². The van der Waals surface area contributed by atoms with Crippen LogP contribution in [0.5, 0.6) is 11.5 Å². The second kappa shape index (κ2) is 7.79. The second-order valence-electron chi connectivity index (χ2n) is 5.16. The number of hydrogen-bond donors (Lipinski definition) is 1. The van der Waals surface area contributed by atoms with Crippen molar-refractivity contribution in [3.05, 3.63) is 87.4 Å². The van der Waals surface area contributed by atoms with Crippen LogP contribution in [0.25, 0.3) is 0 Å². The summed E-state index contributed by atoms with van der Waals surface area (Å²) in [4.78, 5) is 12.3. The lowest BCUT2D eigenvalue weighted by molar-refractivity contribution is 0.102. The molecule has 3 aromatic carbocycles. The van der Waals surface area contributed by atoms with Crippen LogP contribution in [0.1, 0.15) is 10.4 Å². The summed E-state index contributed by atoms with van der Waals surface area (Å²) < 4.78 is 5.70. The monoisotopic (exact) mass is 391 g/mol. The van der Waals surface area contributed by atoms with E-state index in [0.29, 0.717) is 37.8 Å². The molecule has 0 heterocycles. The van der Waals surface area contributed by atoms with Gasteiger partial charge in [-0.15, -0.1) is 0 Å². The van der Waals surface area contributed by atoms with Crippen molar-refractivity contribution in [1.29, 1.82) is 0 Å². The Bertz CT molecular complexity index is 894. The SMILES string of the molecule is O=C(Nc1ccc(Oc2ccc(Cl)cc2)cc1)c1cc(Cl)ccc1Cl. The number of ether oxygens (including phenoxy) is 1. The minimum atomic E-state index is -0.334. The van der Waals surface area contributed by atoms with Gasteiger partial charge >= 0.3 is 0 Å². The predicted molar refractivity (Wildman–Crippen MR) is 102 cm³/mol. The summed E-state index contributed by atoms with van der Waals surface area (Å²) in [6.45, 7) is 0. The van der Waals surface area contributed by atoms with Gasteiger partial charge in [0.1, 0.15) is 11.5 Å². The zero-order valence-electron chi connectivity index (χ0n) is 12.8. The number of halogens is 3. The molecule has 25 heavy (non-hydrogen) atoms. The molecule has 1 N–H and O–H groups in total. The van der Waals surface area contributed by atoms with Crippen LogP contribution in [0.3, 0.4) is 0 Å². The number of benzene rings is 3. The molecule has 0 aliphatic rings. The highest BCUT2D eigenvalue weighted by Crippen LogP contribution is 2.25. The Kier molecular flexibility index (Phi) is 5.49. The molecule has 126 valence electrons. The van der Waals surface area contributed by atoms with Crippen LogP contribution in [0, 0.1) is 0 Å². The van der Waals surface area contributed by atoms with E-state index in [1.807, 2.05) is 0 Å². The number of amides is 1. The number of hydrogen-bond acceptors (Lipinski definition) is 2. The second-order valence-corrected chi connectivity index (χ2v) is 6.44. The van der Waals surface area contributed by atoms with Gasteiger partial charge in [0, 0.05) is 15.7 Å². The fourth-order valence-corrected chi connectivity index (χ4v) is 2.62. The lowest BCUT2D eigenvalue weighted by Gasteiger charge is -2.09. The van der Waals surface area contributed by atoms with E-state index >= 15 is 0 Å². The zero-order valence-corrected chi connectivity index (χ0v) is 15.1. The van der Waals surface area contributed by atoms with Gasteiger partial charge in [0.25, 0.3) is 5.91 Å². The molecule has 1 amide bonds. The minimum absolute atomic E-state index is 0.315. The fraction of sp³-hybridized carbons (Fsp3) is 0. The summed E-state index contributed by atoms with van der Waals surface area (Å²) in [5.74, 6) is 0.979. The normalized spacial score (nSPS) is 10.4. The number of carbonyl (C=O) groups excluding carboxylic acids is 1. The third kappa shape index (κ3) is 4.67. The van der Waals surface area contributed by atoms with Crippen LogP contribution in [0.15, 0.2) is 66.7 Å². The molecular weight excluding hydrogens is 381 g/mol. The van der Waals surface area contributed by atoms with Gasteiger partial charge < -0.3 is 10.1 Å². The van der Waals surface area contributed by atoms with Gasteiger partial charge in [0.2, 0.25) is 0 Å². The molecule has 3 aromatic rings. The highest BCUT2D eigenvalue weighted by molar-refractivity contribution is 6.36. The van der Waals surface area contributed by atoms with E-state index in [4.69, 9.17) is 39.5 Å². The maximum Gasteiger partial charge on any atom is 0.257 e. The maximum atomic E-state index is 12.3. The standard InChI is InChI=1S/C19H12Cl3NO2/c20-12-1-6-15(7-2-12)25-16-8-4-14(5-9-16)23-19(24)17-11-13(21)3-10-18(17)22/h1-11H,(H,23,24). The first-order valence-corrected chi connectivity index (χ1v) is 8.44. The minimum Gasteiger partial charge on any atom is -0.457 e. The molecule has 0 bridgehead atoms. The van der Waals surface area contributed by atoms with Gasteiger partial charge in [0.15, 0.2) is 0 Å². The smallest absolute Gasteiger partial charge is 0.257 e. The van der Waals surface area contributed by atoms with E-state index in [9.17, 15) is 4.79 Å². The number of carbonyl (C=O) groups is 1. The highest BCUT2D eigenvalue weighted by Gasteiger charge is 2.11. The molecule has 3 rings (SSSR count). The van der Waals surface area contributed by atoms with Crippen LogP contribution < -0.4 is 10.1 Å². The van der Waals surface area contributed by atoms with Crippen molar-refractivity contribution >= 4 is 46.4 Å². The van der Waals surface area contributed by atoms with Crippen molar-refractivity contribution in [1.82, 2.24) is 0 Å². The van der Waals surface area contributed by atoms with E-state index in [1.54, 1.807) is 60.7 Å². The number of anilines is 1. The van der Waals surface area contributed by atoms with Crippen molar-refractivity contribution in [3.63, 3.8) is 0 Å². The van der Waals surface area contributed by atoms with Crippen molar-refractivity contribution in [2.24, 2.45) is 0 Å². The Labute approximate surface area is 160 Å². The molecule has 0 atom stereocenters. The van der Waals surface area contributed by atoms with Gasteiger partial charge in [-0.3, -0.25) is 4.79 Å². The first kappa shape index (κ1) is 17.6. The van der Waals surface area contributed by atoms with Crippen LogP contribution in [0.2, 0.25) is 15.1 Å². The Morgan fingerprint density at radius 3 is 1.96 bits per heavy atom. The van der Waals surface area contributed by atoms with Gasteiger partial charge in [0.05, 0.1) is 10.6 Å². The topological polar surface area (TPSA) is 38.3 Å². The summed E-state index contributed by atoms with van der Waals surface area (Å²) >= 11 is 17.8. The summed E-state index contributed by atoms with van der Waals surface area (Å²) in [6.07, 6.45) is 0. The van der Waals surface area contributed by atoms with Gasteiger partial charge in [-0.05, 0) is 66.7 Å². The molecule has 0 saturated heterocycles. The summed E-state index contributed by atoms with van der Waals surface area (Å²) in [6, 6.07) is 18.8. The molecule has 0 unspecified atom stereocenters. The van der Waals surface area contributed by atoms with E-state index in [0.717, 1.165) is 0 Å². The van der Waals surface area contributed by atoms with Crippen LogP contribution in [-0.4, -0.2) is 5.91 Å². The molecule has 0 saturated carbocycles. The first-order valence-electron chi connectivity index (χ1n) is 7.31. The molecule has 0 aliphatic heterocycles. The Morgan fingerprint density at radius 2 is 1.32 bits per heavy atom. The van der Waals surface area contributed by atoms with Crippen molar-refractivity contribution in [2.75, 3.05) is 5.32 Å². The lowest BCUT2D eigenvalue weighted by Crippen LogP contribution is -2.12. The molecule has 0 aromatic heterocycles. The highest BCUT2D eigenvalue weighted by atomic mass is 35.5. The van der Waals surface area contributed by atoms with Gasteiger partial charge in [-0.2, -0.15) is 0 Å². The van der Waals surface area contributed by atoms with Crippen molar-refractivity contribution < 1.29 is 9.53 Å². The Balaban J connectivity index is 1.69. The summed E-state index contributed by atoms with van der Waals surface area (Å²) in [7, 11) is 0. The molecule has 0 fully saturated rings. The number of rotatable bonds is 4. The third-order valence-electron chi connectivity index (χ3n) is 3.33. The molecule has 6 heteroatoms. The quantitative estimate of drug-likeness (QED) is 0.537. The Morgan fingerprint density at radius 1 is 0.760 bits per heavy atom. The average molecular weight is 393 g/mol. The Hall–Kier alpha value is -2.20. The first-order chi connectivity index (χ1) is 12.0. The molecule has 0 aliphatic carbocycles. The lowest BCUT2D eigenvalue weighted by atomic mass is 10.2. The van der Waals surface area contributed by atoms with E-state index in [2.05, 4.69) is 5.32 Å². The van der Waals surface area contributed by atoms with Crippen LogP contribution in [0.4, 0.5) is 5.69 Å². The molecule has 3 nitrogen and oxygen atoms in total. The summed E-state index contributed by atoms with van der Waals surface area (Å²) in [5.41, 5.74) is 0.931. The van der Waals surface area contributed by atoms with Gasteiger partial charge in [-0.1, -0.05) is 34.8 Å². The number of nitrogens with one attached hydrogen (secondary N) is 1. The fourth-order valence-electron chi connectivity index (χ4n) is 2.11. The molecular formula is C19H12Cl3NO2. The largest absolute Gasteiger partial charge is 0.457 e. The van der Waals surface area contributed by atoms with E-state index in [-0.39, 0.29) is 5.91 Å². The molecule has 0 radical (unpaired) electrons. The maximum absolute atomic E-state index is 12.3. The van der Waals surface area contributed by atoms with E-state index in [1.165, 1.54) is 6.07 Å². The molecule has 0 spiro atoms. The van der Waals surface area contributed by atoms with Gasteiger partial charge in [-0.25, -0.2) is 0 Å². The zero-order chi connectivity index (χ0) is 17.8. The van der Waals surface area contributed by atoms with Crippen molar-refractivity contribution in [3.8, 4) is 11.5 Å². The van der Waals surface area contributed by atoms with Crippen LogP contribution in [-0.2, 0) is 0 Å². The van der Waals surface area contributed by atoms with Crippen molar-refractivity contribution in [2.45, 2.75) is 0 Å².